The third-order valence-electron chi connectivity index (χ3n) is 6.33. The maximum Gasteiger partial charge on any atom is 0.338 e. The van der Waals surface area contributed by atoms with Gasteiger partial charge >= 0.3 is 5.97 Å². The normalized spacial score (nSPS) is 10.6. The van der Waals surface area contributed by atoms with Crippen molar-refractivity contribution in [3.63, 3.8) is 0 Å². The molecule has 0 bridgehead atoms. The molecule has 4 rings (SSSR count). The van der Waals surface area contributed by atoms with E-state index in [1.165, 1.54) is 11.8 Å². The first-order chi connectivity index (χ1) is 21.4. The fourth-order valence-corrected chi connectivity index (χ4v) is 4.86. The maximum absolute atomic E-state index is 12.9. The number of anilines is 1. The van der Waals surface area contributed by atoms with E-state index in [0.717, 1.165) is 12.8 Å². The van der Waals surface area contributed by atoms with E-state index in [1.54, 1.807) is 67.1 Å². The number of hydrogen-bond acceptors (Lipinski definition) is 9. The lowest BCUT2D eigenvalue weighted by Gasteiger charge is -2.14. The number of thioether (sulfide) groups is 1. The number of carbonyl (C=O) groups is 3. The molecule has 0 atom stereocenters. The van der Waals surface area contributed by atoms with E-state index in [9.17, 15) is 14.4 Å². The van der Waals surface area contributed by atoms with Crippen molar-refractivity contribution in [3.05, 3.63) is 89.7 Å². The first kappa shape index (κ1) is 32.1. The van der Waals surface area contributed by atoms with E-state index in [0.29, 0.717) is 51.6 Å². The monoisotopic (exact) mass is 617 g/mol. The van der Waals surface area contributed by atoms with Crippen LogP contribution in [-0.4, -0.2) is 58.6 Å². The Morgan fingerprint density at radius 1 is 0.909 bits per heavy atom. The first-order valence-corrected chi connectivity index (χ1v) is 15.2. The summed E-state index contributed by atoms with van der Waals surface area (Å²) < 4.78 is 18.0. The number of carbonyl (C=O) groups excluding carboxylic acids is 3. The molecule has 3 aromatic carbocycles. The molecule has 0 aliphatic rings. The molecular formula is C32H35N5O6S. The summed E-state index contributed by atoms with van der Waals surface area (Å²) in [5.74, 6) is 0.810. The molecule has 2 N–H and O–H groups in total. The minimum atomic E-state index is -0.422. The fraction of sp³-hybridized carbons (Fsp3) is 0.281. The third-order valence-corrected chi connectivity index (χ3v) is 7.26. The van der Waals surface area contributed by atoms with Crippen molar-refractivity contribution in [1.29, 1.82) is 0 Å². The highest BCUT2D eigenvalue weighted by Crippen LogP contribution is 2.29. The predicted octanol–water partition coefficient (Wildman–Crippen LogP) is 5.29. The molecule has 12 heteroatoms. The second-order valence-corrected chi connectivity index (χ2v) is 10.4. The number of aromatic nitrogens is 3. The minimum Gasteiger partial charge on any atom is -0.495 e. The third kappa shape index (κ3) is 8.60. The summed E-state index contributed by atoms with van der Waals surface area (Å²) in [4.78, 5) is 37.6. The Balaban J connectivity index is 1.44. The van der Waals surface area contributed by atoms with Crippen LogP contribution in [0.4, 0.5) is 5.69 Å². The van der Waals surface area contributed by atoms with E-state index in [-0.39, 0.29) is 30.7 Å². The van der Waals surface area contributed by atoms with Crippen LogP contribution in [0.1, 0.15) is 53.2 Å². The van der Waals surface area contributed by atoms with Gasteiger partial charge in [-0.1, -0.05) is 37.2 Å². The lowest BCUT2D eigenvalue weighted by molar-refractivity contribution is -0.113. The zero-order chi connectivity index (χ0) is 31.3. The number of methoxy groups -OCH3 is 1. The topological polar surface area (TPSA) is 134 Å². The van der Waals surface area contributed by atoms with Gasteiger partial charge in [0.1, 0.15) is 11.5 Å². The van der Waals surface area contributed by atoms with Crippen molar-refractivity contribution in [3.8, 4) is 17.2 Å². The fourth-order valence-electron chi connectivity index (χ4n) is 4.09. The van der Waals surface area contributed by atoms with E-state index < -0.39 is 5.97 Å². The molecule has 0 aliphatic carbocycles. The zero-order valence-corrected chi connectivity index (χ0v) is 25.7. The van der Waals surface area contributed by atoms with Crippen molar-refractivity contribution in [1.82, 2.24) is 20.1 Å². The average molecular weight is 618 g/mol. The molecule has 0 saturated heterocycles. The second-order valence-electron chi connectivity index (χ2n) is 9.45. The van der Waals surface area contributed by atoms with Crippen LogP contribution in [0.15, 0.2) is 78.0 Å². The van der Waals surface area contributed by atoms with E-state index in [4.69, 9.17) is 14.2 Å². The van der Waals surface area contributed by atoms with Gasteiger partial charge in [0.15, 0.2) is 11.0 Å². The van der Waals surface area contributed by atoms with E-state index in [2.05, 4.69) is 27.8 Å². The molecule has 0 saturated carbocycles. The Labute approximate surface area is 260 Å². The van der Waals surface area contributed by atoms with Gasteiger partial charge in [0.2, 0.25) is 5.91 Å². The highest BCUT2D eigenvalue weighted by Gasteiger charge is 2.20. The molecule has 1 aromatic heterocycles. The number of esters is 1. The van der Waals surface area contributed by atoms with Crippen LogP contribution in [0.25, 0.3) is 5.69 Å². The Morgan fingerprint density at radius 3 is 2.34 bits per heavy atom. The molecule has 0 fully saturated rings. The number of nitrogens with one attached hydrogen (secondary N) is 2. The molecular weight excluding hydrogens is 582 g/mol. The van der Waals surface area contributed by atoms with Gasteiger partial charge < -0.3 is 24.8 Å². The van der Waals surface area contributed by atoms with Gasteiger partial charge in [-0.05, 0) is 74.0 Å². The van der Waals surface area contributed by atoms with Crippen molar-refractivity contribution >= 4 is 35.2 Å². The van der Waals surface area contributed by atoms with Crippen LogP contribution in [0.3, 0.4) is 0 Å². The summed E-state index contributed by atoms with van der Waals surface area (Å²) in [6.45, 7) is 4.83. The average Bonchev–Trinajstić information content (AvgIpc) is 3.46. The first-order valence-electron chi connectivity index (χ1n) is 14.2. The van der Waals surface area contributed by atoms with Crippen molar-refractivity contribution in [2.24, 2.45) is 0 Å². The second kappa shape index (κ2) is 16.1. The van der Waals surface area contributed by atoms with E-state index >= 15 is 0 Å². The van der Waals surface area contributed by atoms with Gasteiger partial charge in [0, 0.05) is 11.3 Å². The molecule has 0 aliphatic heterocycles. The Morgan fingerprint density at radius 2 is 1.64 bits per heavy atom. The molecule has 4 aromatic rings. The number of nitrogens with zero attached hydrogens (tertiary/aromatic N) is 3. The zero-order valence-electron chi connectivity index (χ0n) is 24.9. The molecule has 44 heavy (non-hydrogen) atoms. The SMILES string of the molecule is CCCCOc1ccc(C(=O)NCc2nnc(SCC(=O)Nc3ccc(C(=O)OCC)cc3)n2-c2ccccc2OC)cc1. The van der Waals surface area contributed by atoms with Crippen molar-refractivity contribution in [2.75, 3.05) is 31.4 Å². The van der Waals surface area contributed by atoms with Crippen LogP contribution < -0.4 is 20.1 Å². The predicted molar refractivity (Wildman–Crippen MR) is 168 cm³/mol. The van der Waals surface area contributed by atoms with Gasteiger partial charge in [-0.15, -0.1) is 10.2 Å². The summed E-state index contributed by atoms with van der Waals surface area (Å²) in [6.07, 6.45) is 2.01. The molecule has 230 valence electrons. The lowest BCUT2D eigenvalue weighted by Crippen LogP contribution is -2.24. The van der Waals surface area contributed by atoms with E-state index in [1.807, 2.05) is 24.3 Å². The van der Waals surface area contributed by atoms with Crippen molar-refractivity contribution < 1.29 is 28.6 Å². The summed E-state index contributed by atoms with van der Waals surface area (Å²) in [7, 11) is 1.56. The van der Waals surface area contributed by atoms with Crippen LogP contribution >= 0.6 is 11.8 Å². The maximum atomic E-state index is 12.9. The molecule has 11 nitrogen and oxygen atoms in total. The highest BCUT2D eigenvalue weighted by atomic mass is 32.2. The highest BCUT2D eigenvalue weighted by molar-refractivity contribution is 7.99. The quantitative estimate of drug-likeness (QED) is 0.104. The van der Waals surface area contributed by atoms with Gasteiger partial charge in [-0.25, -0.2) is 4.79 Å². The molecule has 1 heterocycles. The summed E-state index contributed by atoms with van der Waals surface area (Å²) in [5, 5.41) is 14.8. The van der Waals surface area contributed by atoms with Gasteiger partial charge in [-0.3, -0.25) is 14.2 Å². The number of rotatable bonds is 15. The van der Waals surface area contributed by atoms with Crippen LogP contribution in [0.2, 0.25) is 0 Å². The largest absolute Gasteiger partial charge is 0.495 e. The molecule has 0 unspecified atom stereocenters. The summed E-state index contributed by atoms with van der Waals surface area (Å²) in [6, 6.07) is 20.8. The van der Waals surface area contributed by atoms with Crippen LogP contribution in [0, 0.1) is 0 Å². The number of para-hydroxylation sites is 2. The van der Waals surface area contributed by atoms with Gasteiger partial charge in [-0.2, -0.15) is 0 Å². The number of unbranched alkanes of at least 4 members (excludes halogenated alkanes) is 1. The standard InChI is InChI=1S/C32H35N5O6S/c1-4-6-19-43-25-17-13-22(14-18-25)30(39)33-20-28-35-36-32(37(28)26-9-7-8-10-27(26)41-3)44-21-29(38)34-24-15-11-23(12-16-24)31(40)42-5-2/h7-18H,4-6,19-21H2,1-3H3,(H,33,39)(H,34,38). The van der Waals surface area contributed by atoms with Crippen molar-refractivity contribution in [2.45, 2.75) is 38.4 Å². The Hall–Kier alpha value is -4.84. The number of hydrogen-bond donors (Lipinski definition) is 2. The van der Waals surface area contributed by atoms with Gasteiger partial charge in [0.05, 0.1) is 43.9 Å². The van der Waals surface area contributed by atoms with Gasteiger partial charge in [0.25, 0.3) is 5.91 Å². The molecule has 0 spiro atoms. The lowest BCUT2D eigenvalue weighted by atomic mass is 10.2. The smallest absolute Gasteiger partial charge is 0.338 e. The summed E-state index contributed by atoms with van der Waals surface area (Å²) in [5.41, 5.74) is 2.09. The molecule has 0 radical (unpaired) electrons. The summed E-state index contributed by atoms with van der Waals surface area (Å²) >= 11 is 1.19. The minimum absolute atomic E-state index is 0.0337. The van der Waals surface area contributed by atoms with Crippen LogP contribution in [-0.2, 0) is 16.1 Å². The number of benzene rings is 3. The Kier molecular flexibility index (Phi) is 11.8. The van der Waals surface area contributed by atoms with Crippen LogP contribution in [0.5, 0.6) is 11.5 Å². The molecule has 2 amide bonds. The Bertz CT molecular complexity index is 1560. The number of amides is 2. The number of ether oxygens (including phenoxy) is 3.